The molecular weight excluding hydrogens is 236 g/mol. The number of rotatable bonds is 4. The van der Waals surface area contributed by atoms with Crippen molar-refractivity contribution in [1.82, 2.24) is 4.90 Å². The molecule has 104 valence electrons. The highest BCUT2D eigenvalue weighted by atomic mass is 16.1. The molecule has 3 heteroatoms. The van der Waals surface area contributed by atoms with E-state index < -0.39 is 0 Å². The predicted molar refractivity (Wildman–Crippen MR) is 79.2 cm³/mol. The number of piperidine rings is 1. The van der Waals surface area contributed by atoms with Gasteiger partial charge in [-0.15, -0.1) is 0 Å². The van der Waals surface area contributed by atoms with E-state index in [4.69, 9.17) is 0 Å². The zero-order valence-corrected chi connectivity index (χ0v) is 11.9. The highest BCUT2D eigenvalue weighted by molar-refractivity contribution is 5.91. The molecule has 0 saturated carbocycles. The Labute approximate surface area is 116 Å². The van der Waals surface area contributed by atoms with Crippen LogP contribution < -0.4 is 5.32 Å². The third-order valence-electron chi connectivity index (χ3n) is 3.96. The van der Waals surface area contributed by atoms with Crippen molar-refractivity contribution < 1.29 is 4.79 Å². The number of benzene rings is 1. The van der Waals surface area contributed by atoms with Gasteiger partial charge in [0.1, 0.15) is 0 Å². The number of para-hydroxylation sites is 1. The lowest BCUT2D eigenvalue weighted by Gasteiger charge is -2.37. The summed E-state index contributed by atoms with van der Waals surface area (Å²) in [4.78, 5) is 14.5. The molecular formula is C16H24N2O. The molecule has 2 atom stereocenters. The minimum absolute atomic E-state index is 0.108. The van der Waals surface area contributed by atoms with E-state index in [-0.39, 0.29) is 5.91 Å². The molecule has 1 aliphatic heterocycles. The highest BCUT2D eigenvalue weighted by Crippen LogP contribution is 2.20. The Kier molecular flexibility index (Phi) is 4.97. The smallest absolute Gasteiger partial charge is 0.225 e. The van der Waals surface area contributed by atoms with E-state index in [0.717, 1.165) is 12.2 Å². The summed E-state index contributed by atoms with van der Waals surface area (Å²) in [7, 11) is 0. The first-order chi connectivity index (χ1) is 9.16. The lowest BCUT2D eigenvalue weighted by molar-refractivity contribution is -0.117. The van der Waals surface area contributed by atoms with E-state index in [9.17, 15) is 4.79 Å². The van der Waals surface area contributed by atoms with Crippen molar-refractivity contribution >= 4 is 11.6 Å². The van der Waals surface area contributed by atoms with Crippen LogP contribution >= 0.6 is 0 Å². The Bertz CT molecular complexity index is 404. The van der Waals surface area contributed by atoms with Crippen LogP contribution in [0.15, 0.2) is 30.3 Å². The number of nitrogens with one attached hydrogen (secondary N) is 1. The van der Waals surface area contributed by atoms with Gasteiger partial charge in [-0.25, -0.2) is 0 Å². The maximum Gasteiger partial charge on any atom is 0.225 e. The summed E-state index contributed by atoms with van der Waals surface area (Å²) in [5, 5.41) is 2.96. The van der Waals surface area contributed by atoms with E-state index in [1.54, 1.807) is 0 Å². The number of carbonyl (C=O) groups is 1. The molecule has 0 aromatic heterocycles. The largest absolute Gasteiger partial charge is 0.326 e. The van der Waals surface area contributed by atoms with E-state index in [2.05, 4.69) is 24.1 Å². The fourth-order valence-electron chi connectivity index (χ4n) is 2.89. The zero-order valence-electron chi connectivity index (χ0n) is 11.9. The van der Waals surface area contributed by atoms with Crippen molar-refractivity contribution in [2.45, 2.75) is 51.6 Å². The average Bonchev–Trinajstić information content (AvgIpc) is 2.40. The second-order valence-corrected chi connectivity index (χ2v) is 5.55. The second-order valence-electron chi connectivity index (χ2n) is 5.55. The molecule has 1 saturated heterocycles. The Balaban J connectivity index is 1.84. The molecule has 0 bridgehead atoms. The Morgan fingerprint density at radius 1 is 1.37 bits per heavy atom. The number of hydrogen-bond donors (Lipinski definition) is 1. The molecule has 3 nitrogen and oxygen atoms in total. The summed E-state index contributed by atoms with van der Waals surface area (Å²) in [6.07, 6.45) is 4.40. The lowest BCUT2D eigenvalue weighted by Crippen LogP contribution is -2.44. The van der Waals surface area contributed by atoms with Gasteiger partial charge in [0, 0.05) is 24.2 Å². The topological polar surface area (TPSA) is 32.3 Å². The van der Waals surface area contributed by atoms with E-state index in [0.29, 0.717) is 18.5 Å². The van der Waals surface area contributed by atoms with Gasteiger partial charge in [-0.05, 0) is 45.4 Å². The summed E-state index contributed by atoms with van der Waals surface area (Å²) >= 11 is 0. The Morgan fingerprint density at radius 3 is 2.79 bits per heavy atom. The highest BCUT2D eigenvalue weighted by Gasteiger charge is 2.24. The van der Waals surface area contributed by atoms with Crippen LogP contribution in [0.1, 0.15) is 39.5 Å². The summed E-state index contributed by atoms with van der Waals surface area (Å²) in [5.41, 5.74) is 0.881. The summed E-state index contributed by atoms with van der Waals surface area (Å²) < 4.78 is 0. The minimum atomic E-state index is 0.108. The SMILES string of the molecule is C[C@@H]1CCCCN1[C@@H](C)CC(=O)Nc1ccccc1. The summed E-state index contributed by atoms with van der Waals surface area (Å²) in [5.74, 6) is 0.108. The average molecular weight is 260 g/mol. The minimum Gasteiger partial charge on any atom is -0.326 e. The molecule has 1 N–H and O–H groups in total. The number of anilines is 1. The summed E-state index contributed by atoms with van der Waals surface area (Å²) in [6, 6.07) is 10.6. The van der Waals surface area contributed by atoms with Crippen LogP contribution in [0.3, 0.4) is 0 Å². The van der Waals surface area contributed by atoms with Gasteiger partial charge in [0.2, 0.25) is 5.91 Å². The van der Waals surface area contributed by atoms with Gasteiger partial charge in [0.05, 0.1) is 0 Å². The van der Waals surface area contributed by atoms with E-state index in [1.807, 2.05) is 30.3 Å². The van der Waals surface area contributed by atoms with Gasteiger partial charge in [-0.3, -0.25) is 9.69 Å². The van der Waals surface area contributed by atoms with Crippen LogP contribution in [0.5, 0.6) is 0 Å². The molecule has 1 fully saturated rings. The third kappa shape index (κ3) is 4.06. The van der Waals surface area contributed by atoms with Gasteiger partial charge >= 0.3 is 0 Å². The van der Waals surface area contributed by atoms with Crippen molar-refractivity contribution in [2.75, 3.05) is 11.9 Å². The van der Waals surface area contributed by atoms with Crippen LogP contribution in [0.25, 0.3) is 0 Å². The van der Waals surface area contributed by atoms with Crippen LogP contribution in [0.2, 0.25) is 0 Å². The quantitative estimate of drug-likeness (QED) is 0.901. The zero-order chi connectivity index (χ0) is 13.7. The van der Waals surface area contributed by atoms with Gasteiger partial charge in [0.15, 0.2) is 0 Å². The van der Waals surface area contributed by atoms with E-state index in [1.165, 1.54) is 19.3 Å². The van der Waals surface area contributed by atoms with Crippen molar-refractivity contribution in [3.8, 4) is 0 Å². The summed E-state index contributed by atoms with van der Waals surface area (Å²) in [6.45, 7) is 5.55. The first-order valence-electron chi connectivity index (χ1n) is 7.27. The fraction of sp³-hybridized carbons (Fsp3) is 0.562. The molecule has 1 aromatic carbocycles. The van der Waals surface area contributed by atoms with E-state index >= 15 is 0 Å². The number of hydrogen-bond acceptors (Lipinski definition) is 2. The molecule has 1 aromatic rings. The molecule has 0 unspecified atom stereocenters. The maximum atomic E-state index is 12.0. The first kappa shape index (κ1) is 14.1. The predicted octanol–water partition coefficient (Wildman–Crippen LogP) is 3.28. The van der Waals surface area contributed by atoms with Crippen LogP contribution in [-0.4, -0.2) is 29.4 Å². The van der Waals surface area contributed by atoms with Crippen LogP contribution in [-0.2, 0) is 4.79 Å². The molecule has 19 heavy (non-hydrogen) atoms. The van der Waals surface area contributed by atoms with Gasteiger partial charge in [-0.2, -0.15) is 0 Å². The fourth-order valence-corrected chi connectivity index (χ4v) is 2.89. The standard InChI is InChI=1S/C16H24N2O/c1-13-8-6-7-11-18(13)14(2)12-16(19)17-15-9-4-3-5-10-15/h3-5,9-10,13-14H,6-8,11-12H2,1-2H3,(H,17,19)/t13-,14+/m1/s1. The normalized spacial score (nSPS) is 21.9. The molecule has 0 spiro atoms. The second kappa shape index (κ2) is 6.71. The van der Waals surface area contributed by atoms with Crippen LogP contribution in [0, 0.1) is 0 Å². The number of amides is 1. The van der Waals surface area contributed by atoms with Crippen molar-refractivity contribution in [2.24, 2.45) is 0 Å². The first-order valence-corrected chi connectivity index (χ1v) is 7.27. The van der Waals surface area contributed by atoms with Gasteiger partial charge in [0.25, 0.3) is 0 Å². The number of nitrogens with zero attached hydrogens (tertiary/aromatic N) is 1. The molecule has 1 aliphatic rings. The number of carbonyl (C=O) groups excluding carboxylic acids is 1. The van der Waals surface area contributed by atoms with Crippen molar-refractivity contribution in [3.63, 3.8) is 0 Å². The lowest BCUT2D eigenvalue weighted by atomic mass is 10.0. The van der Waals surface area contributed by atoms with Crippen molar-refractivity contribution in [1.29, 1.82) is 0 Å². The number of likely N-dealkylation sites (tertiary alicyclic amines) is 1. The maximum absolute atomic E-state index is 12.0. The molecule has 0 aliphatic carbocycles. The third-order valence-corrected chi connectivity index (χ3v) is 3.96. The molecule has 0 radical (unpaired) electrons. The van der Waals surface area contributed by atoms with Crippen molar-refractivity contribution in [3.05, 3.63) is 30.3 Å². The Morgan fingerprint density at radius 2 is 2.11 bits per heavy atom. The molecule has 1 amide bonds. The molecule has 2 rings (SSSR count). The van der Waals surface area contributed by atoms with Gasteiger partial charge in [-0.1, -0.05) is 24.6 Å². The Hall–Kier alpha value is -1.35. The molecule has 1 heterocycles. The van der Waals surface area contributed by atoms with Crippen LogP contribution in [0.4, 0.5) is 5.69 Å². The van der Waals surface area contributed by atoms with Gasteiger partial charge < -0.3 is 5.32 Å². The monoisotopic (exact) mass is 260 g/mol.